The van der Waals surface area contributed by atoms with Crippen LogP contribution in [-0.2, 0) is 17.9 Å². The van der Waals surface area contributed by atoms with E-state index >= 15 is 0 Å². The van der Waals surface area contributed by atoms with Gasteiger partial charge in [0.05, 0.1) is 11.4 Å². The SMILES string of the molecule is CC(=O)NCc1ccc(C(=O)NCc2cccc(NC(=O)c3ccncc3)c2)s1. The van der Waals surface area contributed by atoms with Gasteiger partial charge < -0.3 is 16.0 Å². The molecule has 0 bridgehead atoms. The van der Waals surface area contributed by atoms with Crippen molar-refractivity contribution in [3.05, 3.63) is 81.8 Å². The van der Waals surface area contributed by atoms with Gasteiger partial charge in [0.2, 0.25) is 5.91 Å². The van der Waals surface area contributed by atoms with Crippen molar-refractivity contribution in [1.29, 1.82) is 0 Å². The van der Waals surface area contributed by atoms with Gasteiger partial charge in [-0.15, -0.1) is 11.3 Å². The lowest BCUT2D eigenvalue weighted by Crippen LogP contribution is -2.22. The van der Waals surface area contributed by atoms with E-state index in [0.29, 0.717) is 29.2 Å². The van der Waals surface area contributed by atoms with Gasteiger partial charge >= 0.3 is 0 Å². The molecule has 0 spiro atoms. The zero-order valence-corrected chi connectivity index (χ0v) is 16.6. The fraction of sp³-hybridized carbons (Fsp3) is 0.143. The van der Waals surface area contributed by atoms with Gasteiger partial charge in [-0.25, -0.2) is 0 Å². The Balaban J connectivity index is 1.55. The molecule has 0 saturated carbocycles. The number of carbonyl (C=O) groups is 3. The average molecular weight is 408 g/mol. The molecule has 0 unspecified atom stereocenters. The molecular formula is C21H20N4O3S. The molecule has 3 N–H and O–H groups in total. The highest BCUT2D eigenvalue weighted by molar-refractivity contribution is 7.14. The Kier molecular flexibility index (Phi) is 6.70. The molecule has 1 aromatic carbocycles. The van der Waals surface area contributed by atoms with Crippen LogP contribution in [0.15, 0.2) is 60.9 Å². The van der Waals surface area contributed by atoms with Crippen molar-refractivity contribution >= 4 is 34.7 Å². The molecule has 0 atom stereocenters. The summed E-state index contributed by atoms with van der Waals surface area (Å²) in [6, 6.07) is 14.1. The number of amides is 3. The first-order valence-corrected chi connectivity index (χ1v) is 9.74. The number of hydrogen-bond acceptors (Lipinski definition) is 5. The number of rotatable bonds is 7. The van der Waals surface area contributed by atoms with Crippen LogP contribution < -0.4 is 16.0 Å². The molecule has 2 aromatic heterocycles. The minimum absolute atomic E-state index is 0.111. The summed E-state index contributed by atoms with van der Waals surface area (Å²) < 4.78 is 0. The van der Waals surface area contributed by atoms with Gasteiger partial charge in [0, 0.05) is 42.0 Å². The average Bonchev–Trinajstić information content (AvgIpc) is 3.21. The van der Waals surface area contributed by atoms with E-state index in [9.17, 15) is 14.4 Å². The number of nitrogens with one attached hydrogen (secondary N) is 3. The quantitative estimate of drug-likeness (QED) is 0.560. The molecule has 0 radical (unpaired) electrons. The lowest BCUT2D eigenvalue weighted by molar-refractivity contribution is -0.119. The van der Waals surface area contributed by atoms with Gasteiger partial charge in [-0.3, -0.25) is 19.4 Å². The number of aromatic nitrogens is 1. The molecular weight excluding hydrogens is 388 g/mol. The van der Waals surface area contributed by atoms with Gasteiger partial charge in [0.25, 0.3) is 11.8 Å². The third-order valence-corrected chi connectivity index (χ3v) is 5.06. The predicted molar refractivity (Wildman–Crippen MR) is 112 cm³/mol. The highest BCUT2D eigenvalue weighted by Gasteiger charge is 2.10. The van der Waals surface area contributed by atoms with Crippen LogP contribution in [0.5, 0.6) is 0 Å². The van der Waals surface area contributed by atoms with Gasteiger partial charge in [0.15, 0.2) is 0 Å². The number of benzene rings is 1. The first-order valence-electron chi connectivity index (χ1n) is 8.93. The van der Waals surface area contributed by atoms with E-state index in [1.54, 1.807) is 36.7 Å². The maximum Gasteiger partial charge on any atom is 0.261 e. The Bertz CT molecular complexity index is 1020. The molecule has 3 amide bonds. The summed E-state index contributed by atoms with van der Waals surface area (Å²) in [5.74, 6) is -0.519. The molecule has 0 fully saturated rings. The molecule has 0 aliphatic carbocycles. The third-order valence-electron chi connectivity index (χ3n) is 3.98. The minimum atomic E-state index is -0.223. The Morgan fingerprint density at radius 3 is 2.48 bits per heavy atom. The van der Waals surface area contributed by atoms with Crippen molar-refractivity contribution in [2.75, 3.05) is 5.32 Å². The number of carbonyl (C=O) groups excluding carboxylic acids is 3. The Labute approximate surface area is 172 Å². The van der Waals surface area contributed by atoms with E-state index in [-0.39, 0.29) is 17.7 Å². The number of nitrogens with zero attached hydrogens (tertiary/aromatic N) is 1. The molecule has 0 aliphatic heterocycles. The fourth-order valence-electron chi connectivity index (χ4n) is 2.54. The van der Waals surface area contributed by atoms with E-state index in [1.165, 1.54) is 18.3 Å². The van der Waals surface area contributed by atoms with E-state index in [4.69, 9.17) is 0 Å². The van der Waals surface area contributed by atoms with Crippen molar-refractivity contribution in [3.8, 4) is 0 Å². The minimum Gasteiger partial charge on any atom is -0.351 e. The molecule has 8 heteroatoms. The highest BCUT2D eigenvalue weighted by atomic mass is 32.1. The normalized spacial score (nSPS) is 10.2. The maximum atomic E-state index is 12.4. The van der Waals surface area contributed by atoms with Gasteiger partial charge in [-0.1, -0.05) is 12.1 Å². The Morgan fingerprint density at radius 2 is 1.72 bits per heavy atom. The van der Waals surface area contributed by atoms with Crippen molar-refractivity contribution in [3.63, 3.8) is 0 Å². The summed E-state index contributed by atoms with van der Waals surface area (Å²) in [5, 5.41) is 8.41. The molecule has 7 nitrogen and oxygen atoms in total. The van der Waals surface area contributed by atoms with E-state index in [0.717, 1.165) is 10.4 Å². The van der Waals surface area contributed by atoms with Crippen LogP contribution in [-0.4, -0.2) is 22.7 Å². The summed E-state index contributed by atoms with van der Waals surface area (Å²) in [4.78, 5) is 41.0. The second-order valence-electron chi connectivity index (χ2n) is 6.25. The standard InChI is InChI=1S/C21H20N4O3S/c1-14(26)23-13-18-5-6-19(29-18)21(28)24-12-15-3-2-4-17(11-15)25-20(27)16-7-9-22-10-8-16/h2-11H,12-13H2,1H3,(H,23,26)(H,24,28)(H,25,27). The van der Waals surface area contributed by atoms with Crippen LogP contribution in [0.25, 0.3) is 0 Å². The molecule has 0 aliphatic rings. The summed E-state index contributed by atoms with van der Waals surface area (Å²) in [7, 11) is 0. The van der Waals surface area contributed by atoms with Crippen LogP contribution >= 0.6 is 11.3 Å². The molecule has 29 heavy (non-hydrogen) atoms. The monoisotopic (exact) mass is 408 g/mol. The van der Waals surface area contributed by atoms with Crippen LogP contribution in [0.1, 0.15) is 37.4 Å². The van der Waals surface area contributed by atoms with E-state index < -0.39 is 0 Å². The number of hydrogen-bond donors (Lipinski definition) is 3. The zero-order valence-electron chi connectivity index (χ0n) is 15.8. The second-order valence-corrected chi connectivity index (χ2v) is 7.42. The summed E-state index contributed by atoms with van der Waals surface area (Å²) in [6.45, 7) is 2.19. The van der Waals surface area contributed by atoms with Crippen LogP contribution in [0.4, 0.5) is 5.69 Å². The first kappa shape index (κ1) is 20.2. The number of pyridine rings is 1. The van der Waals surface area contributed by atoms with Crippen molar-refractivity contribution < 1.29 is 14.4 Å². The number of anilines is 1. The van der Waals surface area contributed by atoms with Crippen molar-refractivity contribution in [2.45, 2.75) is 20.0 Å². The molecule has 3 aromatic rings. The van der Waals surface area contributed by atoms with Crippen LogP contribution in [0.3, 0.4) is 0 Å². The van der Waals surface area contributed by atoms with Crippen LogP contribution in [0, 0.1) is 0 Å². The summed E-state index contributed by atoms with van der Waals surface area (Å²) in [6.07, 6.45) is 3.13. The topological polar surface area (TPSA) is 100 Å². The molecule has 3 rings (SSSR count). The zero-order chi connectivity index (χ0) is 20.6. The summed E-state index contributed by atoms with van der Waals surface area (Å²) >= 11 is 1.34. The van der Waals surface area contributed by atoms with Crippen molar-refractivity contribution in [2.24, 2.45) is 0 Å². The highest BCUT2D eigenvalue weighted by Crippen LogP contribution is 2.17. The lowest BCUT2D eigenvalue weighted by Gasteiger charge is -2.08. The van der Waals surface area contributed by atoms with Gasteiger partial charge in [-0.05, 0) is 42.0 Å². The summed E-state index contributed by atoms with van der Waals surface area (Å²) in [5.41, 5.74) is 2.03. The lowest BCUT2D eigenvalue weighted by atomic mass is 10.2. The van der Waals surface area contributed by atoms with Crippen LogP contribution in [0.2, 0.25) is 0 Å². The van der Waals surface area contributed by atoms with Gasteiger partial charge in [0.1, 0.15) is 0 Å². The Morgan fingerprint density at radius 1 is 0.931 bits per heavy atom. The van der Waals surface area contributed by atoms with E-state index in [2.05, 4.69) is 20.9 Å². The Hall–Kier alpha value is -3.52. The second kappa shape index (κ2) is 9.61. The molecule has 0 saturated heterocycles. The van der Waals surface area contributed by atoms with Crippen molar-refractivity contribution in [1.82, 2.24) is 15.6 Å². The number of thiophene rings is 1. The third kappa shape index (κ3) is 5.98. The molecule has 2 heterocycles. The fourth-order valence-corrected chi connectivity index (χ4v) is 3.41. The molecule has 148 valence electrons. The smallest absolute Gasteiger partial charge is 0.261 e. The predicted octanol–water partition coefficient (Wildman–Crippen LogP) is 2.96. The van der Waals surface area contributed by atoms with Gasteiger partial charge in [-0.2, -0.15) is 0 Å². The van der Waals surface area contributed by atoms with E-state index in [1.807, 2.05) is 24.3 Å². The first-order chi connectivity index (χ1) is 14.0. The largest absolute Gasteiger partial charge is 0.351 e. The maximum absolute atomic E-state index is 12.4.